The molecular formula is C31H32FN3O2. The summed E-state index contributed by atoms with van der Waals surface area (Å²) in [5.74, 6) is 0.177. The van der Waals surface area contributed by atoms with Gasteiger partial charge in [0, 0.05) is 29.9 Å². The van der Waals surface area contributed by atoms with Crippen LogP contribution in [0.25, 0.3) is 22.0 Å². The van der Waals surface area contributed by atoms with Crippen LogP contribution < -0.4 is 10.1 Å². The average molecular weight is 498 g/mol. The number of aromatic nitrogens is 2. The van der Waals surface area contributed by atoms with Crippen molar-refractivity contribution in [2.45, 2.75) is 58.0 Å². The van der Waals surface area contributed by atoms with E-state index in [1.165, 1.54) is 25.3 Å². The molecule has 2 fully saturated rings. The highest BCUT2D eigenvalue weighted by molar-refractivity contribution is 6.06. The summed E-state index contributed by atoms with van der Waals surface area (Å²) in [4.78, 5) is 17.6. The van der Waals surface area contributed by atoms with Gasteiger partial charge >= 0.3 is 0 Å². The van der Waals surface area contributed by atoms with E-state index in [0.29, 0.717) is 34.4 Å². The molecule has 0 saturated heterocycles. The van der Waals surface area contributed by atoms with E-state index >= 15 is 0 Å². The molecule has 2 aliphatic rings. The SMILES string of the molecule is CCOc1cc(-c2ccc([C@@H](C)n3ccc4c(F)ccc(C(=O)NC5CC6(CCC6)C5)c43)cc2)ccn1. The van der Waals surface area contributed by atoms with Crippen LogP contribution in [0.3, 0.4) is 0 Å². The molecule has 0 unspecified atom stereocenters. The van der Waals surface area contributed by atoms with Gasteiger partial charge in [0.15, 0.2) is 0 Å². The number of hydrogen-bond acceptors (Lipinski definition) is 3. The van der Waals surface area contributed by atoms with Gasteiger partial charge < -0.3 is 14.6 Å². The van der Waals surface area contributed by atoms with Gasteiger partial charge in [-0.15, -0.1) is 0 Å². The van der Waals surface area contributed by atoms with Crippen molar-refractivity contribution in [2.24, 2.45) is 5.41 Å². The Kier molecular flexibility index (Phi) is 5.98. The third-order valence-electron chi connectivity index (χ3n) is 8.35. The van der Waals surface area contributed by atoms with Crippen LogP contribution in [0.2, 0.25) is 0 Å². The fourth-order valence-corrected chi connectivity index (χ4v) is 6.12. The van der Waals surface area contributed by atoms with Gasteiger partial charge in [-0.05, 0) is 85.9 Å². The van der Waals surface area contributed by atoms with Crippen LogP contribution in [0.5, 0.6) is 5.88 Å². The van der Waals surface area contributed by atoms with Gasteiger partial charge in [0.25, 0.3) is 5.91 Å². The average Bonchev–Trinajstić information content (AvgIpc) is 3.31. The molecule has 1 spiro atoms. The predicted octanol–water partition coefficient (Wildman–Crippen LogP) is 6.91. The second-order valence-electron chi connectivity index (χ2n) is 10.6. The van der Waals surface area contributed by atoms with Gasteiger partial charge in [-0.25, -0.2) is 9.37 Å². The minimum atomic E-state index is -0.312. The van der Waals surface area contributed by atoms with E-state index < -0.39 is 0 Å². The summed E-state index contributed by atoms with van der Waals surface area (Å²) in [5.41, 5.74) is 4.82. The van der Waals surface area contributed by atoms with Gasteiger partial charge in [0.1, 0.15) is 5.82 Å². The van der Waals surface area contributed by atoms with Gasteiger partial charge in [-0.3, -0.25) is 4.79 Å². The Balaban J connectivity index is 1.26. The van der Waals surface area contributed by atoms with Crippen LogP contribution in [0.4, 0.5) is 4.39 Å². The van der Waals surface area contributed by atoms with Crippen molar-refractivity contribution in [1.29, 1.82) is 0 Å². The molecule has 1 atom stereocenters. The Bertz CT molecular complexity index is 1450. The maximum absolute atomic E-state index is 14.8. The molecule has 2 aromatic carbocycles. The number of hydrogen-bond donors (Lipinski definition) is 1. The number of rotatable bonds is 7. The standard InChI is InChI=1S/C31H32FN3O2/c1-3-37-28-17-23(11-15-33-28)22-7-5-21(6-8-22)20(2)35-16-12-25-27(32)10-9-26(29(25)35)30(36)34-24-18-31(19-24)13-4-14-31/h5-12,15-17,20,24H,3-4,13-14,18-19H2,1-2H3,(H,34,36)/t20-/m1/s1. The van der Waals surface area contributed by atoms with Crippen molar-refractivity contribution in [3.8, 4) is 17.0 Å². The third kappa shape index (κ3) is 4.28. The molecule has 5 nitrogen and oxygen atoms in total. The molecule has 0 bridgehead atoms. The first-order valence-electron chi connectivity index (χ1n) is 13.3. The number of ether oxygens (including phenoxy) is 1. The van der Waals surface area contributed by atoms with Gasteiger partial charge in [0.05, 0.1) is 23.7 Å². The Hall–Kier alpha value is -3.67. The number of amides is 1. The molecule has 0 radical (unpaired) electrons. The molecule has 6 rings (SSSR count). The Morgan fingerprint density at radius 2 is 1.92 bits per heavy atom. The van der Waals surface area contributed by atoms with Crippen LogP contribution in [0.1, 0.15) is 67.9 Å². The first kappa shape index (κ1) is 23.7. The highest BCUT2D eigenvalue weighted by atomic mass is 19.1. The minimum absolute atomic E-state index is 0.0849. The molecule has 190 valence electrons. The first-order chi connectivity index (χ1) is 18.0. The van der Waals surface area contributed by atoms with E-state index in [0.717, 1.165) is 29.5 Å². The first-order valence-corrected chi connectivity index (χ1v) is 13.3. The molecule has 1 amide bonds. The lowest BCUT2D eigenvalue weighted by Crippen LogP contribution is -2.53. The van der Waals surface area contributed by atoms with Gasteiger partial charge in [-0.1, -0.05) is 30.7 Å². The maximum Gasteiger partial charge on any atom is 0.253 e. The number of nitrogens with zero attached hydrogens (tertiary/aromatic N) is 2. The molecule has 1 N–H and O–H groups in total. The van der Waals surface area contributed by atoms with Crippen LogP contribution in [0, 0.1) is 11.2 Å². The largest absolute Gasteiger partial charge is 0.478 e. The summed E-state index contributed by atoms with van der Waals surface area (Å²) >= 11 is 0. The lowest BCUT2D eigenvalue weighted by molar-refractivity contribution is -0.000603. The summed E-state index contributed by atoms with van der Waals surface area (Å²) in [6.45, 7) is 4.58. The predicted molar refractivity (Wildman–Crippen MR) is 143 cm³/mol. The number of pyridine rings is 1. The highest BCUT2D eigenvalue weighted by Gasteiger charge is 2.48. The maximum atomic E-state index is 14.8. The normalized spacial score (nSPS) is 17.3. The number of nitrogens with one attached hydrogen (secondary N) is 1. The molecule has 4 aromatic rings. The van der Waals surface area contributed by atoms with E-state index in [4.69, 9.17) is 4.74 Å². The van der Waals surface area contributed by atoms with Crippen LogP contribution in [-0.4, -0.2) is 28.1 Å². The van der Waals surface area contributed by atoms with Crippen molar-refractivity contribution in [2.75, 3.05) is 6.61 Å². The number of carbonyl (C=O) groups excluding carboxylic acids is 1. The van der Waals surface area contributed by atoms with Crippen molar-refractivity contribution in [1.82, 2.24) is 14.9 Å². The smallest absolute Gasteiger partial charge is 0.253 e. The van der Waals surface area contributed by atoms with Crippen molar-refractivity contribution < 1.29 is 13.9 Å². The Morgan fingerprint density at radius 1 is 1.14 bits per heavy atom. The number of fused-ring (bicyclic) bond motifs is 1. The second kappa shape index (κ2) is 9.33. The second-order valence-corrected chi connectivity index (χ2v) is 10.6. The lowest BCUT2D eigenvalue weighted by Gasteiger charge is -2.54. The highest BCUT2D eigenvalue weighted by Crippen LogP contribution is 2.55. The molecule has 2 aliphatic carbocycles. The third-order valence-corrected chi connectivity index (χ3v) is 8.35. The molecule has 0 aliphatic heterocycles. The van der Waals surface area contributed by atoms with Crippen molar-refractivity contribution in [3.05, 3.63) is 83.9 Å². The monoisotopic (exact) mass is 497 g/mol. The molecule has 2 aromatic heterocycles. The minimum Gasteiger partial charge on any atom is -0.478 e. The van der Waals surface area contributed by atoms with Gasteiger partial charge in [-0.2, -0.15) is 0 Å². The lowest BCUT2D eigenvalue weighted by atomic mass is 9.54. The van der Waals surface area contributed by atoms with E-state index in [9.17, 15) is 9.18 Å². The molecule has 2 saturated carbocycles. The Morgan fingerprint density at radius 3 is 2.62 bits per heavy atom. The summed E-state index contributed by atoms with van der Waals surface area (Å²) in [5, 5.41) is 3.69. The fraction of sp³-hybridized carbons (Fsp3) is 0.355. The zero-order valence-electron chi connectivity index (χ0n) is 21.3. The summed E-state index contributed by atoms with van der Waals surface area (Å²) in [6.07, 6.45) is 9.64. The zero-order chi connectivity index (χ0) is 25.6. The van der Waals surface area contributed by atoms with E-state index in [2.05, 4.69) is 41.5 Å². The van der Waals surface area contributed by atoms with Gasteiger partial charge in [0.2, 0.25) is 5.88 Å². The van der Waals surface area contributed by atoms with E-state index in [1.807, 2.05) is 29.8 Å². The number of halogens is 1. The zero-order valence-corrected chi connectivity index (χ0v) is 21.3. The Labute approximate surface area is 216 Å². The van der Waals surface area contributed by atoms with Crippen molar-refractivity contribution >= 4 is 16.8 Å². The number of benzene rings is 2. The van der Waals surface area contributed by atoms with E-state index in [-0.39, 0.29) is 23.8 Å². The summed E-state index contributed by atoms with van der Waals surface area (Å²) < 4.78 is 22.3. The summed E-state index contributed by atoms with van der Waals surface area (Å²) in [6, 6.07) is 17.1. The molecule has 37 heavy (non-hydrogen) atoms. The van der Waals surface area contributed by atoms with Crippen LogP contribution in [-0.2, 0) is 0 Å². The van der Waals surface area contributed by atoms with Crippen LogP contribution in [0.15, 0.2) is 67.0 Å². The quantitative estimate of drug-likeness (QED) is 0.302. The molecular weight excluding hydrogens is 465 g/mol. The topological polar surface area (TPSA) is 56.1 Å². The van der Waals surface area contributed by atoms with Crippen molar-refractivity contribution in [3.63, 3.8) is 0 Å². The summed E-state index contributed by atoms with van der Waals surface area (Å²) in [7, 11) is 0. The molecule has 2 heterocycles. The number of carbonyl (C=O) groups is 1. The molecule has 6 heteroatoms. The van der Waals surface area contributed by atoms with E-state index in [1.54, 1.807) is 18.3 Å². The fourth-order valence-electron chi connectivity index (χ4n) is 6.12. The van der Waals surface area contributed by atoms with Crippen LogP contribution >= 0.6 is 0 Å².